The number of hydrogen-bond donors (Lipinski definition) is 1. The molecule has 2 aromatic heterocycles. The van der Waals surface area contributed by atoms with Crippen molar-refractivity contribution < 1.29 is 9.59 Å². The molecule has 0 atom stereocenters. The fourth-order valence-electron chi connectivity index (χ4n) is 4.10. The summed E-state index contributed by atoms with van der Waals surface area (Å²) in [5.74, 6) is 0.578. The van der Waals surface area contributed by atoms with Crippen LogP contribution < -0.4 is 5.32 Å². The minimum atomic E-state index is -0.0233. The fraction of sp³-hybridized carbons (Fsp3) is 0.375. The maximum Gasteiger partial charge on any atom is 0.261 e. The molecule has 32 heavy (non-hydrogen) atoms. The molecule has 1 aromatic carbocycles. The van der Waals surface area contributed by atoms with E-state index in [0.29, 0.717) is 28.1 Å². The first-order chi connectivity index (χ1) is 15.5. The minimum absolute atomic E-state index is 0.0149. The molecule has 1 fully saturated rings. The van der Waals surface area contributed by atoms with E-state index in [4.69, 9.17) is 23.2 Å². The van der Waals surface area contributed by atoms with E-state index in [0.717, 1.165) is 60.2 Å². The number of carbonyl (C=O) groups is 2. The molecule has 0 aliphatic carbocycles. The van der Waals surface area contributed by atoms with Gasteiger partial charge in [-0.2, -0.15) is 0 Å². The van der Waals surface area contributed by atoms with Gasteiger partial charge < -0.3 is 10.2 Å². The van der Waals surface area contributed by atoms with Crippen molar-refractivity contribution in [2.45, 2.75) is 32.1 Å². The number of benzene rings is 1. The Morgan fingerprint density at radius 1 is 1.12 bits per heavy atom. The Morgan fingerprint density at radius 3 is 2.69 bits per heavy atom. The second-order valence-corrected chi connectivity index (χ2v) is 10.1. The van der Waals surface area contributed by atoms with Crippen molar-refractivity contribution in [3.63, 3.8) is 0 Å². The average molecular weight is 490 g/mol. The first-order valence-corrected chi connectivity index (χ1v) is 12.4. The third-order valence-corrected chi connectivity index (χ3v) is 7.57. The van der Waals surface area contributed by atoms with E-state index in [2.05, 4.69) is 10.3 Å². The summed E-state index contributed by atoms with van der Waals surface area (Å²) in [6.07, 6.45) is 8.67. The molecule has 0 bridgehead atoms. The second-order valence-electron chi connectivity index (χ2n) is 8.14. The quantitative estimate of drug-likeness (QED) is 0.410. The lowest BCUT2D eigenvalue weighted by atomic mass is 9.91. The first kappa shape index (κ1) is 23.0. The molecule has 2 amide bonds. The van der Waals surface area contributed by atoms with Crippen LogP contribution in [0.5, 0.6) is 0 Å². The summed E-state index contributed by atoms with van der Waals surface area (Å²) in [7, 11) is 0. The Bertz CT molecular complexity index is 1080. The van der Waals surface area contributed by atoms with Gasteiger partial charge >= 0.3 is 0 Å². The van der Waals surface area contributed by atoms with Crippen LogP contribution in [0.1, 0.15) is 52.1 Å². The molecule has 4 rings (SSSR count). The van der Waals surface area contributed by atoms with Crippen LogP contribution in [0.2, 0.25) is 10.0 Å². The highest BCUT2D eigenvalue weighted by Crippen LogP contribution is 2.27. The van der Waals surface area contributed by atoms with Crippen molar-refractivity contribution in [3.8, 4) is 0 Å². The van der Waals surface area contributed by atoms with Gasteiger partial charge in [0, 0.05) is 37.1 Å². The zero-order valence-corrected chi connectivity index (χ0v) is 20.0. The number of thiophene rings is 1. The Labute approximate surface area is 201 Å². The molecular formula is C24H25Cl2N3O2S. The Balaban J connectivity index is 1.15. The van der Waals surface area contributed by atoms with Crippen LogP contribution in [0.15, 0.2) is 42.7 Å². The molecule has 0 saturated carbocycles. The lowest BCUT2D eigenvalue weighted by molar-refractivity contribution is 0.0686. The largest absolute Gasteiger partial charge is 0.351 e. The van der Waals surface area contributed by atoms with Gasteiger partial charge in [0.15, 0.2) is 0 Å². The third kappa shape index (κ3) is 5.61. The van der Waals surface area contributed by atoms with E-state index in [1.54, 1.807) is 30.6 Å². The van der Waals surface area contributed by atoms with E-state index in [1.165, 1.54) is 11.3 Å². The SMILES string of the molecule is O=C(NCCCCC1CCN(C(=O)c2ccc(Cl)cc2Cl)CC1)c1cc2ccncc2s1. The predicted octanol–water partition coefficient (Wildman–Crippen LogP) is 6.06. The minimum Gasteiger partial charge on any atom is -0.351 e. The molecule has 3 aromatic rings. The first-order valence-electron chi connectivity index (χ1n) is 10.9. The highest BCUT2D eigenvalue weighted by Gasteiger charge is 2.24. The van der Waals surface area contributed by atoms with E-state index in [-0.39, 0.29) is 11.8 Å². The van der Waals surface area contributed by atoms with Gasteiger partial charge in [-0.25, -0.2) is 0 Å². The molecule has 168 valence electrons. The number of carbonyl (C=O) groups excluding carboxylic acids is 2. The fourth-order valence-corrected chi connectivity index (χ4v) is 5.54. The summed E-state index contributed by atoms with van der Waals surface area (Å²) in [5.41, 5.74) is 0.514. The molecule has 3 heterocycles. The number of hydrogen-bond acceptors (Lipinski definition) is 4. The summed E-state index contributed by atoms with van der Waals surface area (Å²) in [6.45, 7) is 2.18. The van der Waals surface area contributed by atoms with Crippen molar-refractivity contribution in [3.05, 3.63) is 63.2 Å². The van der Waals surface area contributed by atoms with Crippen LogP contribution in [0.25, 0.3) is 10.1 Å². The maximum absolute atomic E-state index is 12.7. The molecule has 0 unspecified atom stereocenters. The van der Waals surface area contributed by atoms with Crippen LogP contribution in [-0.2, 0) is 0 Å². The number of nitrogens with zero attached hydrogens (tertiary/aromatic N) is 2. The number of fused-ring (bicyclic) bond motifs is 1. The molecule has 0 spiro atoms. The van der Waals surface area contributed by atoms with Gasteiger partial charge in [-0.3, -0.25) is 14.6 Å². The number of piperidine rings is 1. The number of aromatic nitrogens is 1. The van der Waals surface area contributed by atoms with Gasteiger partial charge in [-0.05, 0) is 60.9 Å². The number of halogens is 2. The zero-order chi connectivity index (χ0) is 22.5. The molecule has 8 heteroatoms. The Hall–Kier alpha value is -2.15. The van der Waals surface area contributed by atoms with Gasteiger partial charge in [-0.1, -0.05) is 36.0 Å². The lowest BCUT2D eigenvalue weighted by Gasteiger charge is -2.32. The molecule has 0 radical (unpaired) electrons. The highest BCUT2D eigenvalue weighted by atomic mass is 35.5. The average Bonchev–Trinajstić information content (AvgIpc) is 3.23. The summed E-state index contributed by atoms with van der Waals surface area (Å²) in [5, 5.41) is 5.01. The molecule has 1 aliphatic heterocycles. The zero-order valence-electron chi connectivity index (χ0n) is 17.7. The van der Waals surface area contributed by atoms with Crippen molar-refractivity contribution in [1.82, 2.24) is 15.2 Å². The number of amides is 2. The van der Waals surface area contributed by atoms with E-state index in [1.807, 2.05) is 17.0 Å². The number of rotatable bonds is 7. The highest BCUT2D eigenvalue weighted by molar-refractivity contribution is 7.20. The molecule has 1 N–H and O–H groups in total. The van der Waals surface area contributed by atoms with E-state index >= 15 is 0 Å². The molecule has 5 nitrogen and oxygen atoms in total. The standard InChI is InChI=1S/C24H25Cl2N3O2S/c25-18-4-5-19(20(26)14-18)24(31)29-11-7-16(8-12-29)3-1-2-9-28-23(30)21-13-17-6-10-27-15-22(17)32-21/h4-6,10,13-16H,1-3,7-9,11-12H2,(H,28,30). The molecule has 1 saturated heterocycles. The molecular weight excluding hydrogens is 465 g/mol. The van der Waals surface area contributed by atoms with Crippen LogP contribution in [0, 0.1) is 5.92 Å². The maximum atomic E-state index is 12.7. The number of likely N-dealkylation sites (tertiary alicyclic amines) is 1. The van der Waals surface area contributed by atoms with Crippen LogP contribution >= 0.6 is 34.5 Å². The second kappa shape index (κ2) is 10.6. The van der Waals surface area contributed by atoms with Gasteiger partial charge in [0.25, 0.3) is 11.8 Å². The summed E-state index contributed by atoms with van der Waals surface area (Å²) in [6, 6.07) is 8.85. The van der Waals surface area contributed by atoms with Crippen LogP contribution in [-0.4, -0.2) is 41.3 Å². The number of pyridine rings is 1. The van der Waals surface area contributed by atoms with Gasteiger partial charge in [-0.15, -0.1) is 11.3 Å². The third-order valence-electron chi connectivity index (χ3n) is 5.93. The summed E-state index contributed by atoms with van der Waals surface area (Å²) >= 11 is 13.6. The van der Waals surface area contributed by atoms with Crippen molar-refractivity contribution >= 4 is 56.4 Å². The Kier molecular flexibility index (Phi) is 7.66. The van der Waals surface area contributed by atoms with E-state index < -0.39 is 0 Å². The topological polar surface area (TPSA) is 62.3 Å². The summed E-state index contributed by atoms with van der Waals surface area (Å²) in [4.78, 5) is 31.8. The Morgan fingerprint density at radius 2 is 1.94 bits per heavy atom. The van der Waals surface area contributed by atoms with Crippen LogP contribution in [0.4, 0.5) is 0 Å². The molecule has 1 aliphatic rings. The lowest BCUT2D eigenvalue weighted by Crippen LogP contribution is -2.38. The van der Waals surface area contributed by atoms with Crippen molar-refractivity contribution in [2.75, 3.05) is 19.6 Å². The normalized spacial score (nSPS) is 14.6. The van der Waals surface area contributed by atoms with E-state index in [9.17, 15) is 9.59 Å². The van der Waals surface area contributed by atoms with Crippen molar-refractivity contribution in [2.24, 2.45) is 5.92 Å². The van der Waals surface area contributed by atoms with Gasteiger partial charge in [0.05, 0.1) is 20.2 Å². The summed E-state index contributed by atoms with van der Waals surface area (Å²) < 4.78 is 1.03. The number of unbranched alkanes of at least 4 members (excludes halogenated alkanes) is 1. The monoisotopic (exact) mass is 489 g/mol. The van der Waals surface area contributed by atoms with Crippen LogP contribution in [0.3, 0.4) is 0 Å². The number of nitrogens with one attached hydrogen (secondary N) is 1. The predicted molar refractivity (Wildman–Crippen MR) is 131 cm³/mol. The smallest absolute Gasteiger partial charge is 0.261 e. The van der Waals surface area contributed by atoms with Gasteiger partial charge in [0.2, 0.25) is 0 Å². The van der Waals surface area contributed by atoms with Gasteiger partial charge in [0.1, 0.15) is 0 Å². The van der Waals surface area contributed by atoms with Crippen molar-refractivity contribution in [1.29, 1.82) is 0 Å².